The average Bonchev–Trinajstić information content (AvgIpc) is 2.93. The van der Waals surface area contributed by atoms with Gasteiger partial charge < -0.3 is 15.4 Å². The van der Waals surface area contributed by atoms with E-state index >= 15 is 0 Å². The van der Waals surface area contributed by atoms with Crippen LogP contribution in [-0.2, 0) is 0 Å². The van der Waals surface area contributed by atoms with E-state index in [1.807, 2.05) is 12.1 Å². The highest BCUT2D eigenvalue weighted by Crippen LogP contribution is 2.29. The standard InChI is InChI=1S/C17H27N3O/c1-21-17-5-3-2-4-16(17)20-10-8-19(9-11-20)13-14-6-7-15(18)12-14/h2-5,14-15H,6-13,18H2,1H3. The fourth-order valence-corrected chi connectivity index (χ4v) is 3.71. The van der Waals surface area contributed by atoms with Gasteiger partial charge >= 0.3 is 0 Å². The van der Waals surface area contributed by atoms with E-state index in [0.717, 1.165) is 37.8 Å². The molecule has 1 aliphatic carbocycles. The lowest BCUT2D eigenvalue weighted by Crippen LogP contribution is -2.47. The largest absolute Gasteiger partial charge is 0.495 e. The maximum Gasteiger partial charge on any atom is 0.142 e. The molecule has 2 N–H and O–H groups in total. The van der Waals surface area contributed by atoms with Crippen molar-refractivity contribution < 1.29 is 4.74 Å². The second-order valence-electron chi connectivity index (χ2n) is 6.40. The summed E-state index contributed by atoms with van der Waals surface area (Å²) < 4.78 is 5.48. The Balaban J connectivity index is 1.53. The van der Waals surface area contributed by atoms with E-state index in [2.05, 4.69) is 21.9 Å². The second-order valence-corrected chi connectivity index (χ2v) is 6.40. The summed E-state index contributed by atoms with van der Waals surface area (Å²) in [5, 5.41) is 0. The van der Waals surface area contributed by atoms with Crippen LogP contribution < -0.4 is 15.4 Å². The fraction of sp³-hybridized carbons (Fsp3) is 0.647. The van der Waals surface area contributed by atoms with Crippen LogP contribution in [0.25, 0.3) is 0 Å². The smallest absolute Gasteiger partial charge is 0.142 e. The molecule has 0 bridgehead atoms. The van der Waals surface area contributed by atoms with Crippen molar-refractivity contribution >= 4 is 5.69 Å². The van der Waals surface area contributed by atoms with E-state index in [0.29, 0.717) is 6.04 Å². The van der Waals surface area contributed by atoms with Crippen LogP contribution in [0.5, 0.6) is 5.75 Å². The van der Waals surface area contributed by atoms with Gasteiger partial charge in [0.2, 0.25) is 0 Å². The lowest BCUT2D eigenvalue weighted by atomic mass is 10.1. The summed E-state index contributed by atoms with van der Waals surface area (Å²) in [6.07, 6.45) is 3.74. The Kier molecular flexibility index (Phi) is 4.66. The predicted molar refractivity (Wildman–Crippen MR) is 87.0 cm³/mol. The molecule has 1 aromatic rings. The molecule has 4 nitrogen and oxygen atoms in total. The number of anilines is 1. The monoisotopic (exact) mass is 289 g/mol. The number of rotatable bonds is 4. The lowest BCUT2D eigenvalue weighted by molar-refractivity contribution is 0.218. The summed E-state index contributed by atoms with van der Waals surface area (Å²) in [7, 11) is 1.75. The fourth-order valence-electron chi connectivity index (χ4n) is 3.71. The van der Waals surface area contributed by atoms with Crippen LogP contribution in [0.15, 0.2) is 24.3 Å². The third-order valence-electron chi connectivity index (χ3n) is 4.90. The number of nitrogens with zero attached hydrogens (tertiary/aromatic N) is 2. The molecule has 0 spiro atoms. The Morgan fingerprint density at radius 2 is 1.90 bits per heavy atom. The van der Waals surface area contributed by atoms with E-state index in [1.54, 1.807) is 7.11 Å². The number of piperazine rings is 1. The molecule has 4 heteroatoms. The number of benzene rings is 1. The first kappa shape index (κ1) is 14.7. The van der Waals surface area contributed by atoms with Crippen molar-refractivity contribution in [2.75, 3.05) is 44.7 Å². The van der Waals surface area contributed by atoms with Crippen molar-refractivity contribution in [1.29, 1.82) is 0 Å². The molecular formula is C17H27N3O. The number of nitrogens with two attached hydrogens (primary N) is 1. The third kappa shape index (κ3) is 3.50. The summed E-state index contributed by atoms with van der Waals surface area (Å²) in [6, 6.07) is 8.77. The van der Waals surface area contributed by atoms with E-state index < -0.39 is 0 Å². The van der Waals surface area contributed by atoms with E-state index in [1.165, 1.54) is 31.5 Å². The molecular weight excluding hydrogens is 262 g/mol. The van der Waals surface area contributed by atoms with Gasteiger partial charge in [-0.3, -0.25) is 4.90 Å². The predicted octanol–water partition coefficient (Wildman–Crippen LogP) is 1.94. The van der Waals surface area contributed by atoms with Crippen LogP contribution >= 0.6 is 0 Å². The normalized spacial score (nSPS) is 27.0. The summed E-state index contributed by atoms with van der Waals surface area (Å²) in [6.45, 7) is 5.68. The van der Waals surface area contributed by atoms with Gasteiger partial charge in [0.25, 0.3) is 0 Å². The summed E-state index contributed by atoms with van der Waals surface area (Å²) in [4.78, 5) is 5.05. The minimum atomic E-state index is 0.449. The molecule has 1 aliphatic heterocycles. The maximum absolute atomic E-state index is 6.02. The average molecular weight is 289 g/mol. The Bertz CT molecular complexity index is 457. The molecule has 116 valence electrons. The lowest BCUT2D eigenvalue weighted by Gasteiger charge is -2.37. The zero-order valence-electron chi connectivity index (χ0n) is 13.0. The van der Waals surface area contributed by atoms with Gasteiger partial charge in [-0.15, -0.1) is 0 Å². The molecule has 0 aromatic heterocycles. The second kappa shape index (κ2) is 6.67. The van der Waals surface area contributed by atoms with E-state index in [-0.39, 0.29) is 0 Å². The summed E-state index contributed by atoms with van der Waals surface area (Å²) in [5.74, 6) is 1.80. The minimum absolute atomic E-state index is 0.449. The Morgan fingerprint density at radius 1 is 1.14 bits per heavy atom. The molecule has 1 heterocycles. The Labute approximate surface area is 127 Å². The van der Waals surface area contributed by atoms with Gasteiger partial charge in [-0.2, -0.15) is 0 Å². The van der Waals surface area contributed by atoms with Crippen molar-refractivity contribution in [3.8, 4) is 5.75 Å². The molecule has 21 heavy (non-hydrogen) atoms. The number of para-hydroxylation sites is 2. The quantitative estimate of drug-likeness (QED) is 0.920. The molecule has 1 saturated heterocycles. The molecule has 1 aromatic carbocycles. The maximum atomic E-state index is 6.02. The topological polar surface area (TPSA) is 41.7 Å². The van der Waals surface area contributed by atoms with Crippen molar-refractivity contribution in [3.05, 3.63) is 24.3 Å². The van der Waals surface area contributed by atoms with Crippen molar-refractivity contribution in [2.24, 2.45) is 11.7 Å². The Morgan fingerprint density at radius 3 is 2.57 bits per heavy atom. The number of methoxy groups -OCH3 is 1. The van der Waals surface area contributed by atoms with Crippen LogP contribution in [0.3, 0.4) is 0 Å². The summed E-state index contributed by atoms with van der Waals surface area (Å²) >= 11 is 0. The minimum Gasteiger partial charge on any atom is -0.495 e. The van der Waals surface area contributed by atoms with Gasteiger partial charge in [-0.25, -0.2) is 0 Å². The van der Waals surface area contributed by atoms with Crippen LogP contribution in [0.1, 0.15) is 19.3 Å². The SMILES string of the molecule is COc1ccccc1N1CCN(CC2CCC(N)C2)CC1. The molecule has 2 unspecified atom stereocenters. The molecule has 1 saturated carbocycles. The number of hydrogen-bond donors (Lipinski definition) is 1. The van der Waals surface area contributed by atoms with Gasteiger partial charge in [0.1, 0.15) is 5.75 Å². The zero-order chi connectivity index (χ0) is 14.7. The number of ether oxygens (including phenoxy) is 1. The van der Waals surface area contributed by atoms with Gasteiger partial charge in [0, 0.05) is 38.8 Å². The van der Waals surface area contributed by atoms with Crippen molar-refractivity contribution in [3.63, 3.8) is 0 Å². The molecule has 0 amide bonds. The molecule has 2 atom stereocenters. The highest BCUT2D eigenvalue weighted by molar-refractivity contribution is 5.58. The molecule has 2 aliphatic rings. The third-order valence-corrected chi connectivity index (χ3v) is 4.90. The van der Waals surface area contributed by atoms with Crippen LogP contribution in [0, 0.1) is 5.92 Å². The van der Waals surface area contributed by atoms with Crippen molar-refractivity contribution in [2.45, 2.75) is 25.3 Å². The van der Waals surface area contributed by atoms with Crippen LogP contribution in [0.4, 0.5) is 5.69 Å². The van der Waals surface area contributed by atoms with Gasteiger partial charge in [0.15, 0.2) is 0 Å². The molecule has 0 radical (unpaired) electrons. The van der Waals surface area contributed by atoms with Crippen LogP contribution in [0.2, 0.25) is 0 Å². The van der Waals surface area contributed by atoms with Gasteiger partial charge in [-0.05, 0) is 37.3 Å². The van der Waals surface area contributed by atoms with Gasteiger partial charge in [0.05, 0.1) is 12.8 Å². The first-order valence-corrected chi connectivity index (χ1v) is 8.12. The highest BCUT2D eigenvalue weighted by Gasteiger charge is 2.26. The van der Waals surface area contributed by atoms with Gasteiger partial charge in [-0.1, -0.05) is 12.1 Å². The number of hydrogen-bond acceptors (Lipinski definition) is 4. The highest BCUT2D eigenvalue weighted by atomic mass is 16.5. The molecule has 3 rings (SSSR count). The zero-order valence-corrected chi connectivity index (χ0v) is 13.0. The molecule has 2 fully saturated rings. The first-order chi connectivity index (χ1) is 10.3. The first-order valence-electron chi connectivity index (χ1n) is 8.12. The summed E-state index contributed by atoms with van der Waals surface area (Å²) in [5.41, 5.74) is 7.24. The van der Waals surface area contributed by atoms with E-state index in [9.17, 15) is 0 Å². The van der Waals surface area contributed by atoms with Crippen molar-refractivity contribution in [1.82, 2.24) is 4.90 Å². The van der Waals surface area contributed by atoms with Crippen LogP contribution in [-0.4, -0.2) is 50.8 Å². The van der Waals surface area contributed by atoms with E-state index in [4.69, 9.17) is 10.5 Å². The Hall–Kier alpha value is -1.26.